The van der Waals surface area contributed by atoms with Crippen molar-refractivity contribution in [2.45, 2.75) is 13.8 Å². The van der Waals surface area contributed by atoms with Crippen molar-refractivity contribution in [3.8, 4) is 5.75 Å². The Labute approximate surface area is 96.6 Å². The summed E-state index contributed by atoms with van der Waals surface area (Å²) in [6, 6.07) is 3.29. The molecule has 0 aliphatic rings. The highest BCUT2D eigenvalue weighted by Gasteiger charge is 2.16. The maximum Gasteiger partial charge on any atom is 0.164 e. The Morgan fingerprint density at radius 3 is 2.67 bits per heavy atom. The molecule has 0 heterocycles. The first-order valence-corrected chi connectivity index (χ1v) is 5.32. The molecule has 0 fully saturated rings. The maximum atomic E-state index is 11.4. The molecule has 4 heteroatoms. The molecule has 0 aliphatic carbocycles. The molecule has 80 valence electrons. The summed E-state index contributed by atoms with van der Waals surface area (Å²) < 4.78 is 5.96. The zero-order chi connectivity index (χ0) is 11.4. The zero-order valence-corrected chi connectivity index (χ0v) is 10.1. The summed E-state index contributed by atoms with van der Waals surface area (Å²) in [4.78, 5) is 22.2. The largest absolute Gasteiger partial charge is 0.492 e. The predicted molar refractivity (Wildman–Crippen MR) is 60.7 cm³/mol. The van der Waals surface area contributed by atoms with Gasteiger partial charge < -0.3 is 4.74 Å². The van der Waals surface area contributed by atoms with Crippen molar-refractivity contribution in [1.29, 1.82) is 0 Å². The van der Waals surface area contributed by atoms with E-state index >= 15 is 0 Å². The Bertz CT molecular complexity index is 399. The predicted octanol–water partition coefficient (Wildman–Crippen LogP) is 2.86. The first-order chi connectivity index (χ1) is 7.11. The molecule has 0 atom stereocenters. The second kappa shape index (κ2) is 5.07. The Morgan fingerprint density at radius 2 is 2.20 bits per heavy atom. The number of ether oxygens (including phenoxy) is 1. The van der Waals surface area contributed by atoms with Crippen molar-refractivity contribution < 1.29 is 14.3 Å². The van der Waals surface area contributed by atoms with Gasteiger partial charge in [-0.05, 0) is 41.9 Å². The number of carbonyl (C=O) groups excluding carboxylic acids is 2. The van der Waals surface area contributed by atoms with Crippen LogP contribution in [-0.4, -0.2) is 18.7 Å². The van der Waals surface area contributed by atoms with Crippen LogP contribution in [0.15, 0.2) is 16.6 Å². The minimum absolute atomic E-state index is 0.131. The van der Waals surface area contributed by atoms with Crippen LogP contribution in [0.1, 0.15) is 34.6 Å². The maximum absolute atomic E-state index is 11.4. The summed E-state index contributed by atoms with van der Waals surface area (Å²) in [5.74, 6) is 0.225. The molecular weight excluding hydrogens is 260 g/mol. The van der Waals surface area contributed by atoms with E-state index in [-0.39, 0.29) is 5.78 Å². The van der Waals surface area contributed by atoms with E-state index in [1.807, 2.05) is 0 Å². The summed E-state index contributed by atoms with van der Waals surface area (Å²) >= 11 is 3.26. The van der Waals surface area contributed by atoms with Gasteiger partial charge in [-0.3, -0.25) is 9.59 Å². The molecule has 3 nitrogen and oxygen atoms in total. The van der Waals surface area contributed by atoms with E-state index in [0.29, 0.717) is 34.2 Å². The molecule has 0 aliphatic heterocycles. The summed E-state index contributed by atoms with van der Waals surface area (Å²) in [6.45, 7) is 3.66. The number of hydrogen-bond acceptors (Lipinski definition) is 3. The number of Topliss-reactive ketones (excluding diaryl/α,β-unsaturated/α-hetero) is 1. The van der Waals surface area contributed by atoms with Gasteiger partial charge in [-0.1, -0.05) is 0 Å². The van der Waals surface area contributed by atoms with Gasteiger partial charge in [0.05, 0.1) is 17.7 Å². The Kier molecular flexibility index (Phi) is 4.03. The third kappa shape index (κ3) is 2.45. The Hall–Kier alpha value is -1.16. The first kappa shape index (κ1) is 11.9. The fraction of sp³-hybridized carbons (Fsp3) is 0.273. The number of benzene rings is 1. The summed E-state index contributed by atoms with van der Waals surface area (Å²) in [5, 5.41) is 0. The van der Waals surface area contributed by atoms with Crippen LogP contribution in [-0.2, 0) is 0 Å². The molecule has 15 heavy (non-hydrogen) atoms. The first-order valence-electron chi connectivity index (χ1n) is 4.53. The van der Waals surface area contributed by atoms with Crippen molar-refractivity contribution in [2.24, 2.45) is 0 Å². The second-order valence-corrected chi connectivity index (χ2v) is 3.80. The monoisotopic (exact) mass is 270 g/mol. The van der Waals surface area contributed by atoms with Gasteiger partial charge >= 0.3 is 0 Å². The van der Waals surface area contributed by atoms with Crippen molar-refractivity contribution in [3.63, 3.8) is 0 Å². The van der Waals surface area contributed by atoms with Crippen molar-refractivity contribution in [1.82, 2.24) is 0 Å². The van der Waals surface area contributed by atoms with E-state index in [1.54, 1.807) is 19.1 Å². The molecule has 1 aromatic carbocycles. The molecule has 0 aromatic heterocycles. The average Bonchev–Trinajstić information content (AvgIpc) is 2.18. The number of aldehydes is 1. The number of halogens is 1. The molecule has 0 amide bonds. The highest BCUT2D eigenvalue weighted by atomic mass is 79.9. The normalized spacial score (nSPS) is 9.80. The van der Waals surface area contributed by atoms with E-state index in [9.17, 15) is 9.59 Å². The van der Waals surface area contributed by atoms with Crippen LogP contribution < -0.4 is 4.74 Å². The summed E-state index contributed by atoms with van der Waals surface area (Å²) in [6.07, 6.45) is 0.684. The third-order valence-corrected chi connectivity index (χ3v) is 2.57. The zero-order valence-electron chi connectivity index (χ0n) is 8.54. The summed E-state index contributed by atoms with van der Waals surface area (Å²) in [5.41, 5.74) is 0.812. The van der Waals surface area contributed by atoms with Crippen molar-refractivity contribution in [3.05, 3.63) is 27.7 Å². The van der Waals surface area contributed by atoms with Gasteiger partial charge in [0.2, 0.25) is 0 Å². The lowest BCUT2D eigenvalue weighted by atomic mass is 10.1. The van der Waals surface area contributed by atoms with Gasteiger partial charge in [0.15, 0.2) is 12.1 Å². The third-order valence-electron chi connectivity index (χ3n) is 1.91. The molecule has 0 unspecified atom stereocenters. The van der Waals surface area contributed by atoms with Gasteiger partial charge in [0.25, 0.3) is 0 Å². The minimum atomic E-state index is -0.131. The quantitative estimate of drug-likeness (QED) is 0.624. The van der Waals surface area contributed by atoms with E-state index in [1.165, 1.54) is 6.92 Å². The second-order valence-electron chi connectivity index (χ2n) is 2.95. The number of ketones is 1. The molecular formula is C11H11BrO3. The molecule has 0 N–H and O–H groups in total. The van der Waals surface area contributed by atoms with Crippen LogP contribution in [0.25, 0.3) is 0 Å². The van der Waals surface area contributed by atoms with Crippen molar-refractivity contribution in [2.75, 3.05) is 6.61 Å². The van der Waals surface area contributed by atoms with Crippen LogP contribution in [0, 0.1) is 0 Å². The molecule has 0 radical (unpaired) electrons. The van der Waals surface area contributed by atoms with Gasteiger partial charge in [-0.2, -0.15) is 0 Å². The topological polar surface area (TPSA) is 43.4 Å². The number of rotatable bonds is 4. The van der Waals surface area contributed by atoms with Gasteiger partial charge in [-0.25, -0.2) is 0 Å². The van der Waals surface area contributed by atoms with Crippen LogP contribution in [0.2, 0.25) is 0 Å². The van der Waals surface area contributed by atoms with Gasteiger partial charge in [0, 0.05) is 4.47 Å². The van der Waals surface area contributed by atoms with E-state index < -0.39 is 0 Å². The minimum Gasteiger partial charge on any atom is -0.492 e. The van der Waals surface area contributed by atoms with Crippen LogP contribution in [0.3, 0.4) is 0 Å². The lowest BCUT2D eigenvalue weighted by molar-refractivity contribution is 0.101. The Balaban J connectivity index is 3.43. The number of carbonyl (C=O) groups is 2. The standard InChI is InChI=1S/C11H11BrO3/c1-3-15-11-8(6-13)4-5-9(12)10(11)7(2)14/h4-6H,3H2,1-2H3. The molecule has 0 saturated carbocycles. The smallest absolute Gasteiger partial charge is 0.164 e. The fourth-order valence-corrected chi connectivity index (χ4v) is 1.89. The summed E-state index contributed by atoms with van der Waals surface area (Å²) in [7, 11) is 0. The van der Waals surface area contributed by atoms with Gasteiger partial charge in [-0.15, -0.1) is 0 Å². The fourth-order valence-electron chi connectivity index (χ4n) is 1.30. The van der Waals surface area contributed by atoms with E-state index in [4.69, 9.17) is 4.74 Å². The average molecular weight is 271 g/mol. The molecule has 1 aromatic rings. The highest BCUT2D eigenvalue weighted by molar-refractivity contribution is 9.10. The lowest BCUT2D eigenvalue weighted by Crippen LogP contribution is -2.04. The van der Waals surface area contributed by atoms with Gasteiger partial charge in [0.1, 0.15) is 5.75 Å². The number of hydrogen-bond donors (Lipinski definition) is 0. The van der Waals surface area contributed by atoms with Crippen LogP contribution >= 0.6 is 15.9 Å². The molecule has 0 spiro atoms. The Morgan fingerprint density at radius 1 is 1.53 bits per heavy atom. The molecule has 0 saturated heterocycles. The van der Waals surface area contributed by atoms with Crippen molar-refractivity contribution >= 4 is 28.0 Å². The molecule has 0 bridgehead atoms. The van der Waals surface area contributed by atoms with E-state index in [2.05, 4.69) is 15.9 Å². The SMILES string of the molecule is CCOc1c(C=O)ccc(Br)c1C(C)=O. The van der Waals surface area contributed by atoms with Crippen LogP contribution in [0.4, 0.5) is 0 Å². The molecule has 1 rings (SSSR count). The highest BCUT2D eigenvalue weighted by Crippen LogP contribution is 2.30. The lowest BCUT2D eigenvalue weighted by Gasteiger charge is -2.11. The van der Waals surface area contributed by atoms with E-state index in [0.717, 1.165) is 0 Å². The van der Waals surface area contributed by atoms with Crippen LogP contribution in [0.5, 0.6) is 5.75 Å².